The lowest BCUT2D eigenvalue weighted by Gasteiger charge is -2.50. The van der Waals surface area contributed by atoms with Gasteiger partial charge in [0.2, 0.25) is 5.78 Å². The third-order valence-electron chi connectivity index (χ3n) is 5.62. The number of hydrogen-bond acceptors (Lipinski definition) is 8. The topological polar surface area (TPSA) is 161 Å². The maximum Gasteiger partial charge on any atom is 0.317 e. The number of aliphatic carboxylic acids is 1. The molecule has 0 unspecified atom stereocenters. The predicted molar refractivity (Wildman–Crippen MR) is 92.0 cm³/mol. The number of hydrogen-bond donors (Lipinski definition) is 1. The fraction of sp³-hybridized carbons (Fsp3) is 0.471. The monoisotopic (exact) mass is 391 g/mol. The van der Waals surface area contributed by atoms with E-state index in [9.17, 15) is 34.6 Å². The Morgan fingerprint density at radius 1 is 1.18 bits per heavy atom. The zero-order chi connectivity index (χ0) is 20.9. The third-order valence-corrected chi connectivity index (χ3v) is 5.62. The minimum Gasteiger partial charge on any atom is -0.480 e. The number of rotatable bonds is 6. The Balaban J connectivity index is 2.39. The minimum atomic E-state index is -2.49. The number of carboxylic acid groups (broad SMARTS) is 1. The summed E-state index contributed by atoms with van der Waals surface area (Å²) >= 11 is 0. The summed E-state index contributed by atoms with van der Waals surface area (Å²) in [6.45, 7) is -0.623. The van der Waals surface area contributed by atoms with Crippen molar-refractivity contribution in [1.82, 2.24) is 4.90 Å². The van der Waals surface area contributed by atoms with Gasteiger partial charge in [0.05, 0.1) is 19.6 Å². The number of Topliss-reactive ketones (excluding diaryl/α,β-unsaturated/α-hetero) is 2. The van der Waals surface area contributed by atoms with Crippen LogP contribution in [0, 0.1) is 26.1 Å². The van der Waals surface area contributed by atoms with Crippen LogP contribution < -0.4 is 0 Å². The standard InChI is InChI=1S/C17H17N3O8/c1-10(21)6-13-16(19(25)26)8-18(7-14(22)23)9-17(13,20(27)28)15(24)11-4-2-3-5-12(11)16/h2-5,13H,6-9H2,1H3,(H,22,23)/t13-,16+,17-/m0/s1. The number of ketones is 2. The van der Waals surface area contributed by atoms with E-state index >= 15 is 0 Å². The van der Waals surface area contributed by atoms with Crippen molar-refractivity contribution >= 4 is 17.5 Å². The molecule has 11 heteroatoms. The second kappa shape index (κ2) is 6.44. The average molecular weight is 391 g/mol. The summed E-state index contributed by atoms with van der Waals surface area (Å²) in [7, 11) is 0. The van der Waals surface area contributed by atoms with E-state index in [4.69, 9.17) is 5.11 Å². The lowest BCUT2D eigenvalue weighted by Crippen LogP contribution is -2.75. The molecule has 0 saturated carbocycles. The highest BCUT2D eigenvalue weighted by atomic mass is 16.6. The largest absolute Gasteiger partial charge is 0.480 e. The molecule has 0 spiro atoms. The summed E-state index contributed by atoms with van der Waals surface area (Å²) in [5.41, 5.74) is -4.80. The Kier molecular flexibility index (Phi) is 4.50. The molecule has 11 nitrogen and oxygen atoms in total. The van der Waals surface area contributed by atoms with Gasteiger partial charge in [-0.3, -0.25) is 34.7 Å². The number of likely N-dealkylation sites (tertiary alicyclic amines) is 1. The van der Waals surface area contributed by atoms with Gasteiger partial charge in [0.1, 0.15) is 11.7 Å². The van der Waals surface area contributed by atoms with E-state index in [2.05, 4.69) is 0 Å². The van der Waals surface area contributed by atoms with Crippen molar-refractivity contribution in [2.75, 3.05) is 19.6 Å². The normalized spacial score (nSPS) is 29.0. The van der Waals surface area contributed by atoms with Crippen molar-refractivity contribution in [3.63, 3.8) is 0 Å². The van der Waals surface area contributed by atoms with E-state index in [0.717, 1.165) is 11.8 Å². The first kappa shape index (κ1) is 19.5. The summed E-state index contributed by atoms with van der Waals surface area (Å²) in [5.74, 6) is -4.33. The van der Waals surface area contributed by atoms with Crippen LogP contribution in [0.5, 0.6) is 0 Å². The SMILES string of the molecule is CC(=O)C[C@@H]1[C@@]2([N+](=O)[O-])CN(CC(=O)O)C[C@@]1([N+](=O)[O-])c1ccccc1C2=O. The van der Waals surface area contributed by atoms with Gasteiger partial charge < -0.3 is 9.90 Å². The van der Waals surface area contributed by atoms with Crippen LogP contribution in [0.4, 0.5) is 0 Å². The Hall–Kier alpha value is -3.21. The molecule has 1 fully saturated rings. The molecule has 1 heterocycles. The van der Waals surface area contributed by atoms with Crippen LogP contribution in [0.2, 0.25) is 0 Å². The fourth-order valence-electron chi connectivity index (χ4n) is 4.63. The Labute approximate surface area is 158 Å². The van der Waals surface area contributed by atoms with Gasteiger partial charge in [0.25, 0.3) is 5.54 Å². The van der Waals surface area contributed by atoms with E-state index in [1.165, 1.54) is 24.3 Å². The number of benzene rings is 1. The molecule has 1 N–H and O–H groups in total. The molecule has 1 saturated heterocycles. The number of carbonyl (C=O) groups excluding carboxylic acids is 2. The highest BCUT2D eigenvalue weighted by Gasteiger charge is 2.77. The van der Waals surface area contributed by atoms with Crippen LogP contribution in [-0.4, -0.2) is 62.6 Å². The van der Waals surface area contributed by atoms with Crippen molar-refractivity contribution in [2.45, 2.75) is 24.4 Å². The molecular formula is C17H17N3O8. The first-order chi connectivity index (χ1) is 13.1. The van der Waals surface area contributed by atoms with Crippen molar-refractivity contribution < 1.29 is 29.3 Å². The predicted octanol–water partition coefficient (Wildman–Crippen LogP) is 0.366. The van der Waals surface area contributed by atoms with E-state index in [1.807, 2.05) is 0 Å². The van der Waals surface area contributed by atoms with Crippen molar-refractivity contribution in [3.8, 4) is 0 Å². The zero-order valence-corrected chi connectivity index (χ0v) is 14.9. The average Bonchev–Trinajstić information content (AvgIpc) is 2.59. The van der Waals surface area contributed by atoms with Crippen LogP contribution in [0.3, 0.4) is 0 Å². The molecule has 3 atom stereocenters. The molecule has 1 aromatic carbocycles. The maximum absolute atomic E-state index is 13.2. The highest BCUT2D eigenvalue weighted by Crippen LogP contribution is 2.53. The lowest BCUT2D eigenvalue weighted by molar-refractivity contribution is -0.640. The summed E-state index contributed by atoms with van der Waals surface area (Å²) in [6, 6.07) is 5.56. The van der Waals surface area contributed by atoms with Crippen LogP contribution in [0.15, 0.2) is 24.3 Å². The van der Waals surface area contributed by atoms with Crippen LogP contribution >= 0.6 is 0 Å². The Bertz CT molecular complexity index is 915. The molecule has 1 aromatic rings. The van der Waals surface area contributed by atoms with Gasteiger partial charge in [-0.25, -0.2) is 0 Å². The number of piperidine rings is 1. The van der Waals surface area contributed by atoms with Crippen molar-refractivity contribution in [3.05, 3.63) is 55.6 Å². The number of carbonyl (C=O) groups is 3. The van der Waals surface area contributed by atoms with E-state index in [-0.39, 0.29) is 11.1 Å². The number of nitrogens with zero attached hydrogens (tertiary/aromatic N) is 3. The van der Waals surface area contributed by atoms with Gasteiger partial charge >= 0.3 is 11.5 Å². The molecule has 1 aliphatic carbocycles. The summed E-state index contributed by atoms with van der Waals surface area (Å²) in [4.78, 5) is 60.3. The minimum absolute atomic E-state index is 0.0242. The van der Waals surface area contributed by atoms with Gasteiger partial charge in [0, 0.05) is 27.4 Å². The number of nitro groups is 2. The van der Waals surface area contributed by atoms with Gasteiger partial charge in [-0.2, -0.15) is 0 Å². The van der Waals surface area contributed by atoms with Gasteiger partial charge in [0.15, 0.2) is 0 Å². The van der Waals surface area contributed by atoms with E-state index < -0.39 is 70.4 Å². The molecule has 2 bridgehead atoms. The summed E-state index contributed by atoms with van der Waals surface area (Å²) in [5, 5.41) is 33.6. The molecule has 2 aliphatic rings. The molecule has 0 amide bonds. The third kappa shape index (κ3) is 2.50. The van der Waals surface area contributed by atoms with Gasteiger partial charge in [-0.1, -0.05) is 24.3 Å². The quantitative estimate of drug-likeness (QED) is 0.533. The van der Waals surface area contributed by atoms with Crippen molar-refractivity contribution in [2.24, 2.45) is 5.92 Å². The van der Waals surface area contributed by atoms with Crippen LogP contribution in [-0.2, 0) is 15.1 Å². The second-order valence-corrected chi connectivity index (χ2v) is 7.24. The smallest absolute Gasteiger partial charge is 0.317 e. The summed E-state index contributed by atoms with van der Waals surface area (Å²) < 4.78 is 0. The van der Waals surface area contributed by atoms with Crippen LogP contribution in [0.1, 0.15) is 29.3 Å². The second-order valence-electron chi connectivity index (χ2n) is 7.24. The van der Waals surface area contributed by atoms with E-state index in [0.29, 0.717) is 0 Å². The molecule has 148 valence electrons. The molecular weight excluding hydrogens is 374 g/mol. The maximum atomic E-state index is 13.2. The number of carboxylic acids is 1. The molecule has 0 aromatic heterocycles. The Morgan fingerprint density at radius 3 is 2.29 bits per heavy atom. The Morgan fingerprint density at radius 2 is 1.75 bits per heavy atom. The first-order valence-corrected chi connectivity index (χ1v) is 8.44. The number of fused-ring (bicyclic) bond motifs is 4. The fourth-order valence-corrected chi connectivity index (χ4v) is 4.63. The zero-order valence-electron chi connectivity index (χ0n) is 14.9. The first-order valence-electron chi connectivity index (χ1n) is 8.44. The highest BCUT2D eigenvalue weighted by molar-refractivity contribution is 6.06. The van der Waals surface area contributed by atoms with Gasteiger partial charge in [-0.15, -0.1) is 0 Å². The molecule has 3 rings (SSSR count). The summed E-state index contributed by atoms with van der Waals surface area (Å²) in [6.07, 6.45) is -0.539. The molecule has 28 heavy (non-hydrogen) atoms. The lowest BCUT2D eigenvalue weighted by atomic mass is 9.56. The van der Waals surface area contributed by atoms with Crippen LogP contribution in [0.25, 0.3) is 0 Å². The van der Waals surface area contributed by atoms with E-state index in [1.54, 1.807) is 0 Å². The molecule has 1 aliphatic heterocycles. The van der Waals surface area contributed by atoms with Gasteiger partial charge in [-0.05, 0) is 6.92 Å². The molecule has 0 radical (unpaired) electrons. The van der Waals surface area contributed by atoms with Crippen molar-refractivity contribution in [1.29, 1.82) is 0 Å².